The molecule has 3 aromatic carbocycles. The van der Waals surface area contributed by atoms with Gasteiger partial charge in [0.25, 0.3) is 0 Å². The molecule has 10 heteroatoms. The van der Waals surface area contributed by atoms with E-state index in [4.69, 9.17) is 0 Å². The van der Waals surface area contributed by atoms with E-state index in [0.29, 0.717) is 41.6 Å². The van der Waals surface area contributed by atoms with Crippen molar-refractivity contribution in [3.8, 4) is 11.8 Å². The molecule has 3 aromatic rings. The number of halogens is 1. The van der Waals surface area contributed by atoms with Gasteiger partial charge in [0.2, 0.25) is 0 Å². The molecule has 0 spiro atoms. The Morgan fingerprint density at radius 1 is 0.644 bits per heavy atom. The predicted octanol–water partition coefficient (Wildman–Crippen LogP) is 10.8. The van der Waals surface area contributed by atoms with Gasteiger partial charge in [-0.2, -0.15) is 0 Å². The molecule has 0 saturated heterocycles. The van der Waals surface area contributed by atoms with Crippen molar-refractivity contribution >= 4 is 54.1 Å². The summed E-state index contributed by atoms with van der Waals surface area (Å²) in [5, 5.41) is 50.0. The number of carbonyl (C=O) groups is 3. The van der Waals surface area contributed by atoms with Crippen molar-refractivity contribution < 1.29 is 39.9 Å². The molecule has 8 nitrogen and oxygen atoms in total. The molecule has 3 aliphatic rings. The fraction of sp³-hybridized carbons (Fsp3) is 0.381. The normalized spacial score (nSPS) is 23.2. The number of allylic oxidation sites excluding steroid dienone is 8. The summed E-state index contributed by atoms with van der Waals surface area (Å²) in [6.45, 7) is 29.6. The molecule has 390 valence electrons. The van der Waals surface area contributed by atoms with E-state index < -0.39 is 34.8 Å². The molecule has 0 saturated carbocycles. The molecule has 6 rings (SSSR count). The van der Waals surface area contributed by atoms with Crippen LogP contribution in [-0.2, 0) is 14.4 Å². The van der Waals surface area contributed by atoms with Gasteiger partial charge >= 0.3 is 230 Å². The van der Waals surface area contributed by atoms with Gasteiger partial charge in [-0.15, -0.1) is 0 Å². The van der Waals surface area contributed by atoms with Crippen LogP contribution in [0.2, 0.25) is 0 Å². The molecule has 0 amide bonds. The van der Waals surface area contributed by atoms with Gasteiger partial charge in [-0.05, 0) is 69.2 Å². The summed E-state index contributed by atoms with van der Waals surface area (Å²) in [6, 6.07) is 32.3. The van der Waals surface area contributed by atoms with Crippen molar-refractivity contribution in [3.05, 3.63) is 186 Å². The summed E-state index contributed by atoms with van der Waals surface area (Å²) < 4.78 is 0. The standard InChI is InChI=1S/C33H36BrO2P.C15H22O3.C15H20O3/c1-25(20-21-30-26(2)32(36)31(35)24-33(30,3)4)22-23-37(34,27-14-8-5-9-15-27,28-16-10-6-11-17-28)29-18-12-7-13-19-29;2*1-6-15(5,18)8-7-11-10(2)13(17)12(16)9-14(11,3)4/h5-22,31,35H,23-24H2,1-4H3;6-8,12,16,18H,1,9H2,2-5H3;6,12,16,18H,1,9H2,2-5H3/b21-20+,25-22+;8-7+;/t31-;2*12-,15?/m000/s1. The molecular weight excluding hydrogens is 996 g/mol. The Morgan fingerprint density at radius 3 is 1.40 bits per heavy atom. The zero-order valence-electron chi connectivity index (χ0n) is 45.0. The van der Waals surface area contributed by atoms with E-state index in [2.05, 4.69) is 170 Å². The van der Waals surface area contributed by atoms with Crippen LogP contribution in [0.15, 0.2) is 186 Å². The van der Waals surface area contributed by atoms with Gasteiger partial charge in [0.05, 0.1) is 5.60 Å². The first-order valence-electron chi connectivity index (χ1n) is 24.8. The van der Waals surface area contributed by atoms with Crippen LogP contribution in [0.5, 0.6) is 0 Å². The van der Waals surface area contributed by atoms with Crippen LogP contribution in [0.4, 0.5) is 0 Å². The molecule has 2 unspecified atom stereocenters. The number of hydrogen-bond acceptors (Lipinski definition) is 8. The Balaban J connectivity index is 0.000000268. The van der Waals surface area contributed by atoms with Crippen LogP contribution in [0, 0.1) is 28.1 Å². The number of hydrogen-bond donors (Lipinski definition) is 5. The van der Waals surface area contributed by atoms with Crippen molar-refractivity contribution in [1.82, 2.24) is 0 Å². The Labute approximate surface area is 443 Å². The first kappa shape index (κ1) is 60.4. The zero-order valence-corrected chi connectivity index (χ0v) is 47.4. The van der Waals surface area contributed by atoms with Gasteiger partial charge in [-0.25, -0.2) is 0 Å². The van der Waals surface area contributed by atoms with E-state index in [1.165, 1.54) is 35.0 Å². The van der Waals surface area contributed by atoms with Gasteiger partial charge in [-0.1, -0.05) is 64.8 Å². The molecule has 0 aromatic heterocycles. The molecule has 0 bridgehead atoms. The number of ketones is 3. The SMILES string of the molecule is C=CC(C)(O)/C=C/C1=C(C)C(=O)[C@@H](O)CC1(C)C.C=CC(C)(O)C#CC1=C(C)C(=O)[C@@H](O)CC1(C)C.CC1=C(/C=C/C(C)=C/CP(Br)(c2ccccc2)(c2ccccc2)c2ccccc2)C(C)(C)C[C@H](O)C1=O. The number of aliphatic hydroxyl groups is 5. The van der Waals surface area contributed by atoms with Gasteiger partial charge < -0.3 is 20.4 Å². The third kappa shape index (κ3) is 14.0. The van der Waals surface area contributed by atoms with Crippen LogP contribution in [-0.4, -0.2) is 78.6 Å². The maximum absolute atomic E-state index is 12.5. The van der Waals surface area contributed by atoms with Crippen LogP contribution >= 0.6 is 20.8 Å². The van der Waals surface area contributed by atoms with Crippen LogP contribution in [0.1, 0.15) is 102 Å². The minimum atomic E-state index is -3.03. The summed E-state index contributed by atoms with van der Waals surface area (Å²) in [7, 11) is 0. The van der Waals surface area contributed by atoms with Crippen LogP contribution in [0.25, 0.3) is 0 Å². The number of rotatable bonds is 11. The molecule has 73 heavy (non-hydrogen) atoms. The third-order valence-electron chi connectivity index (χ3n) is 14.4. The van der Waals surface area contributed by atoms with E-state index >= 15 is 0 Å². The molecule has 5 atom stereocenters. The molecule has 0 heterocycles. The number of carbonyl (C=O) groups excluding carboxylic acids is 3. The Kier molecular flexibility index (Phi) is 19.5. The van der Waals surface area contributed by atoms with Gasteiger partial charge in [0.15, 0.2) is 11.6 Å². The predicted molar refractivity (Wildman–Crippen MR) is 307 cm³/mol. The van der Waals surface area contributed by atoms with Crippen molar-refractivity contribution in [1.29, 1.82) is 0 Å². The fourth-order valence-electron chi connectivity index (χ4n) is 9.81. The van der Waals surface area contributed by atoms with Crippen molar-refractivity contribution in [3.63, 3.8) is 0 Å². The first-order valence-corrected chi connectivity index (χ1v) is 29.2. The summed E-state index contributed by atoms with van der Waals surface area (Å²) >= 11 is 4.50. The van der Waals surface area contributed by atoms with Gasteiger partial charge in [0.1, 0.15) is 17.8 Å². The zero-order chi connectivity index (χ0) is 55.0. The van der Waals surface area contributed by atoms with E-state index in [1.807, 2.05) is 34.6 Å². The maximum atomic E-state index is 12.5. The van der Waals surface area contributed by atoms with E-state index in [1.54, 1.807) is 32.9 Å². The number of benzene rings is 3. The molecule has 5 N–H and O–H groups in total. The average Bonchev–Trinajstić information content (AvgIpc) is 3.34. The molecule has 0 radical (unpaired) electrons. The van der Waals surface area contributed by atoms with Crippen molar-refractivity contribution in [2.45, 2.75) is 132 Å². The second kappa shape index (κ2) is 23.6. The summed E-state index contributed by atoms with van der Waals surface area (Å²) in [5.41, 5.74) is 2.08. The summed E-state index contributed by atoms with van der Waals surface area (Å²) in [6.07, 6.45) is 11.9. The van der Waals surface area contributed by atoms with Crippen molar-refractivity contribution in [2.75, 3.05) is 6.16 Å². The Bertz CT molecular complexity index is 2710. The van der Waals surface area contributed by atoms with Crippen molar-refractivity contribution in [2.24, 2.45) is 16.2 Å². The topological polar surface area (TPSA) is 152 Å². The second-order valence-electron chi connectivity index (χ2n) is 22.0. The first-order chi connectivity index (χ1) is 33.8. The molecule has 0 aliphatic heterocycles. The number of aliphatic hydroxyl groups excluding tert-OH is 3. The average molecular weight is 1070 g/mol. The third-order valence-corrected chi connectivity index (χ3v) is 24.0. The molecule has 3 aliphatic carbocycles. The minimum absolute atomic E-state index is 0.164. The van der Waals surface area contributed by atoms with E-state index in [9.17, 15) is 39.9 Å². The van der Waals surface area contributed by atoms with Gasteiger partial charge in [-0.3, -0.25) is 9.59 Å². The molecular formula is C63H78BrO8P. The number of Topliss-reactive ketones (excluding diaryl/α,β-unsaturated/α-hetero) is 3. The molecule has 0 fully saturated rings. The van der Waals surface area contributed by atoms with Gasteiger partial charge in [0, 0.05) is 16.6 Å². The summed E-state index contributed by atoms with van der Waals surface area (Å²) in [5.74, 6) is 4.90. The van der Waals surface area contributed by atoms with E-state index in [-0.39, 0.29) is 33.6 Å². The fourth-order valence-corrected chi connectivity index (χ4v) is 16.9. The summed E-state index contributed by atoms with van der Waals surface area (Å²) in [4.78, 5) is 36.0. The van der Waals surface area contributed by atoms with Crippen LogP contribution in [0.3, 0.4) is 0 Å². The Morgan fingerprint density at radius 2 is 1.01 bits per heavy atom. The van der Waals surface area contributed by atoms with Crippen LogP contribution < -0.4 is 15.9 Å². The monoisotopic (exact) mass is 1070 g/mol. The Hall–Kier alpha value is -5.14. The second-order valence-corrected chi connectivity index (χ2v) is 31.0. The van der Waals surface area contributed by atoms with E-state index in [0.717, 1.165) is 22.9 Å². The quantitative estimate of drug-likeness (QED) is 0.0551.